The van der Waals surface area contributed by atoms with E-state index in [0.717, 1.165) is 12.1 Å². The third kappa shape index (κ3) is 4.75. The molecule has 8 heteroatoms. The number of sulfonamides is 1. The quantitative estimate of drug-likeness (QED) is 0.618. The molecular weight excluding hydrogens is 275 g/mol. The summed E-state index contributed by atoms with van der Waals surface area (Å²) >= 11 is 0. The highest BCUT2D eigenvalue weighted by Gasteiger charge is 2.19. The summed E-state index contributed by atoms with van der Waals surface area (Å²) < 4.78 is 44.0. The number of methoxy groups -OCH3 is 1. The van der Waals surface area contributed by atoms with Crippen LogP contribution in [0.15, 0.2) is 23.1 Å². The summed E-state index contributed by atoms with van der Waals surface area (Å²) in [6, 6.07) is 3.34. The Labute approximate surface area is 111 Å². The standard InChI is InChI=1S/C11H17FN2O4S/c1-18-7-9(15)4-5-14-19(16,17)11-3-2-8(13)6-10(11)12/h2-3,6,9,14-15H,4-5,7,13H2,1H3. The molecule has 0 aliphatic rings. The molecule has 0 saturated heterocycles. The first kappa shape index (κ1) is 15.8. The number of halogens is 1. The van der Waals surface area contributed by atoms with Gasteiger partial charge < -0.3 is 15.6 Å². The number of nitrogens with one attached hydrogen (secondary N) is 1. The fourth-order valence-electron chi connectivity index (χ4n) is 1.45. The van der Waals surface area contributed by atoms with E-state index in [2.05, 4.69) is 4.72 Å². The van der Waals surface area contributed by atoms with Crippen molar-refractivity contribution in [3.05, 3.63) is 24.0 Å². The van der Waals surface area contributed by atoms with E-state index in [-0.39, 0.29) is 25.3 Å². The Morgan fingerprint density at radius 1 is 1.53 bits per heavy atom. The molecular formula is C11H17FN2O4S. The van der Waals surface area contributed by atoms with Gasteiger partial charge in [0.1, 0.15) is 10.7 Å². The van der Waals surface area contributed by atoms with Gasteiger partial charge in [-0.25, -0.2) is 17.5 Å². The summed E-state index contributed by atoms with van der Waals surface area (Å²) in [7, 11) is -2.52. The molecule has 6 nitrogen and oxygen atoms in total. The minimum Gasteiger partial charge on any atom is -0.399 e. The average Bonchev–Trinajstić information content (AvgIpc) is 2.28. The largest absolute Gasteiger partial charge is 0.399 e. The maximum atomic E-state index is 13.5. The van der Waals surface area contributed by atoms with E-state index in [9.17, 15) is 17.9 Å². The Balaban J connectivity index is 2.66. The molecule has 0 heterocycles. The summed E-state index contributed by atoms with van der Waals surface area (Å²) in [6.45, 7) is 0.0919. The predicted octanol–water partition coefficient (Wildman–Crippen LogP) is 0.0836. The van der Waals surface area contributed by atoms with Crippen LogP contribution in [0.4, 0.5) is 10.1 Å². The van der Waals surface area contributed by atoms with E-state index in [1.165, 1.54) is 13.2 Å². The van der Waals surface area contributed by atoms with Crippen LogP contribution in [0.5, 0.6) is 0 Å². The van der Waals surface area contributed by atoms with Crippen LogP contribution in [-0.2, 0) is 14.8 Å². The molecule has 0 fully saturated rings. The maximum Gasteiger partial charge on any atom is 0.243 e. The van der Waals surface area contributed by atoms with Crippen molar-refractivity contribution < 1.29 is 22.7 Å². The number of anilines is 1. The molecule has 19 heavy (non-hydrogen) atoms. The third-order valence-electron chi connectivity index (χ3n) is 2.37. The second-order valence-electron chi connectivity index (χ2n) is 3.99. The minimum absolute atomic E-state index is 0.0172. The second-order valence-corrected chi connectivity index (χ2v) is 5.72. The zero-order chi connectivity index (χ0) is 14.5. The van der Waals surface area contributed by atoms with Gasteiger partial charge in [-0.2, -0.15) is 0 Å². The van der Waals surface area contributed by atoms with Gasteiger partial charge in [0, 0.05) is 19.3 Å². The highest BCUT2D eigenvalue weighted by Crippen LogP contribution is 2.16. The van der Waals surface area contributed by atoms with Crippen molar-refractivity contribution in [2.75, 3.05) is 26.0 Å². The molecule has 1 aromatic carbocycles. The molecule has 4 N–H and O–H groups in total. The van der Waals surface area contributed by atoms with Crippen molar-refractivity contribution in [2.45, 2.75) is 17.4 Å². The fourth-order valence-corrected chi connectivity index (χ4v) is 2.55. The number of nitrogen functional groups attached to an aromatic ring is 1. The first-order chi connectivity index (χ1) is 8.86. The van der Waals surface area contributed by atoms with E-state index in [4.69, 9.17) is 10.5 Å². The highest BCUT2D eigenvalue weighted by molar-refractivity contribution is 7.89. The normalized spacial score (nSPS) is 13.4. The van der Waals surface area contributed by atoms with E-state index in [1.54, 1.807) is 0 Å². The van der Waals surface area contributed by atoms with Crippen molar-refractivity contribution in [3.63, 3.8) is 0 Å². The number of aliphatic hydroxyl groups is 1. The molecule has 0 bridgehead atoms. The molecule has 1 aromatic rings. The predicted molar refractivity (Wildman–Crippen MR) is 68.5 cm³/mol. The first-order valence-corrected chi connectivity index (χ1v) is 7.07. The summed E-state index contributed by atoms with van der Waals surface area (Å²) in [6.07, 6.45) is -0.604. The van der Waals surface area contributed by atoms with Crippen LogP contribution in [0, 0.1) is 5.82 Å². The molecule has 0 aliphatic carbocycles. The van der Waals surface area contributed by atoms with Crippen LogP contribution in [0.1, 0.15) is 6.42 Å². The van der Waals surface area contributed by atoms with Gasteiger partial charge in [0.15, 0.2) is 0 Å². The SMILES string of the molecule is COCC(O)CCNS(=O)(=O)c1ccc(N)cc1F. The monoisotopic (exact) mass is 292 g/mol. The molecule has 1 rings (SSSR count). The Bertz CT molecular complexity index is 521. The van der Waals surface area contributed by atoms with Crippen LogP contribution in [0.2, 0.25) is 0 Å². The molecule has 0 radical (unpaired) electrons. The van der Waals surface area contributed by atoms with Gasteiger partial charge in [-0.3, -0.25) is 0 Å². The number of rotatable bonds is 7. The van der Waals surface area contributed by atoms with Crippen molar-refractivity contribution in [3.8, 4) is 0 Å². The molecule has 0 saturated carbocycles. The van der Waals surface area contributed by atoms with E-state index < -0.39 is 26.8 Å². The zero-order valence-corrected chi connectivity index (χ0v) is 11.3. The van der Waals surface area contributed by atoms with Gasteiger partial charge in [0.05, 0.1) is 12.7 Å². The Kier molecular flexibility index (Phi) is 5.67. The van der Waals surface area contributed by atoms with Crippen LogP contribution in [0.25, 0.3) is 0 Å². The number of hydrogen-bond acceptors (Lipinski definition) is 5. The lowest BCUT2D eigenvalue weighted by Crippen LogP contribution is -2.29. The molecule has 0 aliphatic heterocycles. The lowest BCUT2D eigenvalue weighted by molar-refractivity contribution is 0.0603. The maximum absolute atomic E-state index is 13.5. The van der Waals surface area contributed by atoms with Crippen molar-refractivity contribution >= 4 is 15.7 Å². The Morgan fingerprint density at radius 2 is 2.21 bits per heavy atom. The van der Waals surface area contributed by atoms with Crippen LogP contribution < -0.4 is 10.5 Å². The minimum atomic E-state index is -3.95. The zero-order valence-electron chi connectivity index (χ0n) is 10.5. The number of nitrogens with two attached hydrogens (primary N) is 1. The molecule has 1 unspecified atom stereocenters. The second kappa shape index (κ2) is 6.80. The first-order valence-electron chi connectivity index (χ1n) is 5.58. The highest BCUT2D eigenvalue weighted by atomic mass is 32.2. The molecule has 108 valence electrons. The lowest BCUT2D eigenvalue weighted by atomic mass is 10.3. The number of aliphatic hydroxyl groups excluding tert-OH is 1. The number of benzene rings is 1. The van der Waals surface area contributed by atoms with Crippen LogP contribution >= 0.6 is 0 Å². The van der Waals surface area contributed by atoms with Crippen LogP contribution in [-0.4, -0.2) is 39.9 Å². The summed E-state index contributed by atoms with van der Waals surface area (Å²) in [4.78, 5) is -0.470. The summed E-state index contributed by atoms with van der Waals surface area (Å²) in [5.74, 6) is -0.912. The smallest absolute Gasteiger partial charge is 0.243 e. The van der Waals surface area contributed by atoms with Gasteiger partial charge in [0.2, 0.25) is 10.0 Å². The van der Waals surface area contributed by atoms with Gasteiger partial charge in [0.25, 0.3) is 0 Å². The van der Waals surface area contributed by atoms with E-state index >= 15 is 0 Å². The number of hydrogen-bond donors (Lipinski definition) is 3. The Morgan fingerprint density at radius 3 is 2.79 bits per heavy atom. The molecule has 0 amide bonds. The van der Waals surface area contributed by atoms with Crippen molar-refractivity contribution in [1.82, 2.24) is 4.72 Å². The number of ether oxygens (including phenoxy) is 1. The van der Waals surface area contributed by atoms with Crippen molar-refractivity contribution in [2.24, 2.45) is 0 Å². The summed E-state index contributed by atoms with van der Waals surface area (Å²) in [5.41, 5.74) is 5.49. The van der Waals surface area contributed by atoms with Gasteiger partial charge in [-0.15, -0.1) is 0 Å². The fraction of sp³-hybridized carbons (Fsp3) is 0.455. The van der Waals surface area contributed by atoms with E-state index in [0.29, 0.717) is 0 Å². The van der Waals surface area contributed by atoms with Gasteiger partial charge >= 0.3 is 0 Å². The topological polar surface area (TPSA) is 102 Å². The molecule has 0 aromatic heterocycles. The van der Waals surface area contributed by atoms with Gasteiger partial charge in [-0.1, -0.05) is 0 Å². The van der Waals surface area contributed by atoms with E-state index in [1.807, 2.05) is 0 Å². The summed E-state index contributed by atoms with van der Waals surface area (Å²) in [5, 5.41) is 9.36. The van der Waals surface area contributed by atoms with Crippen molar-refractivity contribution in [1.29, 1.82) is 0 Å². The molecule has 1 atom stereocenters. The molecule has 0 spiro atoms. The Hall–Kier alpha value is -1.22. The van der Waals surface area contributed by atoms with Crippen LogP contribution in [0.3, 0.4) is 0 Å². The third-order valence-corrected chi connectivity index (χ3v) is 3.87. The van der Waals surface area contributed by atoms with Gasteiger partial charge in [-0.05, 0) is 24.6 Å². The lowest BCUT2D eigenvalue weighted by Gasteiger charge is -2.11. The average molecular weight is 292 g/mol.